The highest BCUT2D eigenvalue weighted by molar-refractivity contribution is 7.13. The summed E-state index contributed by atoms with van der Waals surface area (Å²) in [6.07, 6.45) is 4.59. The van der Waals surface area contributed by atoms with Gasteiger partial charge in [-0.25, -0.2) is 14.8 Å². The summed E-state index contributed by atoms with van der Waals surface area (Å²) >= 11 is 1.68. The molecular formula is C29H30N6O3S. The number of carbonyl (C=O) groups is 2. The van der Waals surface area contributed by atoms with Crippen molar-refractivity contribution in [2.45, 2.75) is 26.4 Å². The molecular weight excluding hydrogens is 512 g/mol. The highest BCUT2D eigenvalue weighted by atomic mass is 32.1. The van der Waals surface area contributed by atoms with Gasteiger partial charge in [-0.15, -0.1) is 11.3 Å². The van der Waals surface area contributed by atoms with Crippen molar-refractivity contribution in [2.75, 3.05) is 36.4 Å². The molecule has 1 saturated heterocycles. The van der Waals surface area contributed by atoms with Gasteiger partial charge in [0.15, 0.2) is 5.82 Å². The first kappa shape index (κ1) is 26.3. The highest BCUT2D eigenvalue weighted by Crippen LogP contribution is 2.28. The number of pyridine rings is 1. The van der Waals surface area contributed by atoms with E-state index in [9.17, 15) is 9.59 Å². The first-order chi connectivity index (χ1) is 18.8. The lowest BCUT2D eigenvalue weighted by Gasteiger charge is -2.37. The van der Waals surface area contributed by atoms with E-state index in [2.05, 4.69) is 31.2 Å². The molecule has 0 bridgehead atoms. The van der Waals surface area contributed by atoms with E-state index in [1.54, 1.807) is 40.9 Å². The van der Waals surface area contributed by atoms with Crippen LogP contribution in [-0.4, -0.2) is 63.6 Å². The molecule has 1 aliphatic rings. The Kier molecular flexibility index (Phi) is 7.56. The zero-order valence-electron chi connectivity index (χ0n) is 22.1. The lowest BCUT2D eigenvalue weighted by atomic mass is 10.1. The monoisotopic (exact) mass is 542 g/mol. The van der Waals surface area contributed by atoms with E-state index < -0.39 is 5.60 Å². The van der Waals surface area contributed by atoms with Crippen molar-refractivity contribution >= 4 is 34.7 Å². The fourth-order valence-corrected chi connectivity index (χ4v) is 4.99. The first-order valence-electron chi connectivity index (χ1n) is 12.7. The molecule has 5 rings (SSSR count). The Morgan fingerprint density at radius 3 is 2.38 bits per heavy atom. The van der Waals surface area contributed by atoms with Crippen molar-refractivity contribution in [1.29, 1.82) is 0 Å². The van der Waals surface area contributed by atoms with Crippen molar-refractivity contribution in [1.82, 2.24) is 19.9 Å². The largest absolute Gasteiger partial charge is 0.444 e. The molecule has 1 aromatic carbocycles. The molecule has 0 saturated carbocycles. The molecule has 10 heteroatoms. The number of hydrogen-bond acceptors (Lipinski definition) is 8. The summed E-state index contributed by atoms with van der Waals surface area (Å²) in [4.78, 5) is 43.8. The van der Waals surface area contributed by atoms with Gasteiger partial charge in [0.1, 0.15) is 11.3 Å². The lowest BCUT2D eigenvalue weighted by Crippen LogP contribution is -2.50. The summed E-state index contributed by atoms with van der Waals surface area (Å²) in [5, 5.41) is 5.01. The summed E-state index contributed by atoms with van der Waals surface area (Å²) in [5.74, 6) is 0.126. The minimum atomic E-state index is -0.536. The lowest BCUT2D eigenvalue weighted by molar-refractivity contribution is 0.0240. The number of nitrogens with zero attached hydrogens (tertiary/aromatic N) is 5. The van der Waals surface area contributed by atoms with Gasteiger partial charge >= 0.3 is 6.09 Å². The first-order valence-corrected chi connectivity index (χ1v) is 13.6. The second kappa shape index (κ2) is 11.2. The second-order valence-corrected chi connectivity index (χ2v) is 11.1. The average molecular weight is 543 g/mol. The van der Waals surface area contributed by atoms with Crippen molar-refractivity contribution in [2.24, 2.45) is 0 Å². The number of hydrogen-bond donors (Lipinski definition) is 1. The number of anilines is 2. The Labute approximate surface area is 231 Å². The number of aromatic nitrogens is 3. The van der Waals surface area contributed by atoms with Gasteiger partial charge in [0.2, 0.25) is 0 Å². The number of benzene rings is 1. The van der Waals surface area contributed by atoms with E-state index in [1.165, 1.54) is 4.88 Å². The van der Waals surface area contributed by atoms with Gasteiger partial charge in [0, 0.05) is 49.0 Å². The van der Waals surface area contributed by atoms with E-state index in [0.29, 0.717) is 37.7 Å². The van der Waals surface area contributed by atoms with Gasteiger partial charge in [-0.3, -0.25) is 9.78 Å². The standard InChI is InChI=1S/C29H30N6O3S/c1-29(2,3)38-28(37)35-16-14-34(15-17-35)24-11-12-30-19-23(24)33-27(36)22-10-13-31-26(32-22)21-8-6-20(7-9-21)25-5-4-18-39-25/h4-13,18-19H,14-17H2,1-3H3,(H,33,36). The number of ether oxygens (including phenoxy) is 1. The topological polar surface area (TPSA) is 101 Å². The van der Waals surface area contributed by atoms with E-state index in [1.807, 2.05) is 62.5 Å². The molecule has 200 valence electrons. The third-order valence-electron chi connectivity index (χ3n) is 6.16. The molecule has 0 aliphatic carbocycles. The smallest absolute Gasteiger partial charge is 0.410 e. The minimum Gasteiger partial charge on any atom is -0.444 e. The Morgan fingerprint density at radius 1 is 0.949 bits per heavy atom. The van der Waals surface area contributed by atoms with Crippen LogP contribution in [0, 0.1) is 0 Å². The van der Waals surface area contributed by atoms with Crippen LogP contribution in [-0.2, 0) is 4.74 Å². The van der Waals surface area contributed by atoms with Crippen LogP contribution in [0.1, 0.15) is 31.3 Å². The zero-order valence-corrected chi connectivity index (χ0v) is 22.9. The molecule has 39 heavy (non-hydrogen) atoms. The van der Waals surface area contributed by atoms with Crippen LogP contribution in [0.3, 0.4) is 0 Å². The summed E-state index contributed by atoms with van der Waals surface area (Å²) < 4.78 is 5.50. The quantitative estimate of drug-likeness (QED) is 0.352. The Bertz CT molecular complexity index is 1440. The van der Waals surface area contributed by atoms with Crippen molar-refractivity contribution in [3.05, 3.63) is 78.2 Å². The number of amides is 2. The third kappa shape index (κ3) is 6.40. The van der Waals surface area contributed by atoms with Gasteiger partial charge < -0.3 is 19.9 Å². The zero-order chi connectivity index (χ0) is 27.4. The highest BCUT2D eigenvalue weighted by Gasteiger charge is 2.27. The fraction of sp³-hybridized carbons (Fsp3) is 0.276. The van der Waals surface area contributed by atoms with Crippen LogP contribution in [0.25, 0.3) is 21.8 Å². The van der Waals surface area contributed by atoms with Crippen LogP contribution in [0.4, 0.5) is 16.2 Å². The van der Waals surface area contributed by atoms with Crippen molar-refractivity contribution < 1.29 is 14.3 Å². The molecule has 4 heterocycles. The normalized spacial score (nSPS) is 13.7. The van der Waals surface area contributed by atoms with E-state index >= 15 is 0 Å². The Balaban J connectivity index is 1.26. The molecule has 0 unspecified atom stereocenters. The molecule has 0 atom stereocenters. The Morgan fingerprint density at radius 2 is 1.69 bits per heavy atom. The SMILES string of the molecule is CC(C)(C)OC(=O)N1CCN(c2ccncc2NC(=O)c2ccnc(-c3ccc(-c4cccs4)cc3)n2)CC1. The number of piperazine rings is 1. The molecule has 1 N–H and O–H groups in total. The van der Waals surface area contributed by atoms with Gasteiger partial charge in [-0.2, -0.15) is 0 Å². The van der Waals surface area contributed by atoms with Crippen molar-refractivity contribution in [3.8, 4) is 21.8 Å². The summed E-state index contributed by atoms with van der Waals surface area (Å²) in [7, 11) is 0. The summed E-state index contributed by atoms with van der Waals surface area (Å²) in [6, 6.07) is 15.5. The van der Waals surface area contributed by atoms with E-state index in [4.69, 9.17) is 4.74 Å². The van der Waals surface area contributed by atoms with Crippen LogP contribution in [0.5, 0.6) is 0 Å². The maximum atomic E-state index is 13.2. The predicted octanol–water partition coefficient (Wildman–Crippen LogP) is 5.58. The number of rotatable bonds is 5. The molecule has 2 amide bonds. The molecule has 0 radical (unpaired) electrons. The molecule has 4 aromatic rings. The number of nitrogens with one attached hydrogen (secondary N) is 1. The van der Waals surface area contributed by atoms with E-state index in [0.717, 1.165) is 16.8 Å². The van der Waals surface area contributed by atoms with Gasteiger partial charge in [-0.1, -0.05) is 30.3 Å². The maximum Gasteiger partial charge on any atom is 0.410 e. The number of carbonyl (C=O) groups excluding carboxylic acids is 2. The van der Waals surface area contributed by atoms with Crippen LogP contribution < -0.4 is 10.2 Å². The molecule has 0 spiro atoms. The van der Waals surface area contributed by atoms with Crippen LogP contribution in [0.15, 0.2) is 72.5 Å². The third-order valence-corrected chi connectivity index (χ3v) is 7.07. The maximum absolute atomic E-state index is 13.2. The van der Waals surface area contributed by atoms with Crippen LogP contribution in [0.2, 0.25) is 0 Å². The minimum absolute atomic E-state index is 0.256. The molecule has 1 aliphatic heterocycles. The summed E-state index contributed by atoms with van der Waals surface area (Å²) in [6.45, 7) is 7.81. The van der Waals surface area contributed by atoms with Crippen molar-refractivity contribution in [3.63, 3.8) is 0 Å². The van der Waals surface area contributed by atoms with Gasteiger partial charge in [-0.05, 0) is 49.9 Å². The number of thiophene rings is 1. The molecule has 3 aromatic heterocycles. The van der Waals surface area contributed by atoms with Gasteiger partial charge in [0.05, 0.1) is 17.6 Å². The van der Waals surface area contributed by atoms with Gasteiger partial charge in [0.25, 0.3) is 5.91 Å². The van der Waals surface area contributed by atoms with Crippen LogP contribution >= 0.6 is 11.3 Å². The molecule has 1 fully saturated rings. The average Bonchev–Trinajstić information content (AvgIpc) is 3.48. The second-order valence-electron chi connectivity index (χ2n) is 10.1. The Hall–Kier alpha value is -4.31. The fourth-order valence-electron chi connectivity index (χ4n) is 4.25. The molecule has 9 nitrogen and oxygen atoms in total. The predicted molar refractivity (Wildman–Crippen MR) is 153 cm³/mol. The summed E-state index contributed by atoms with van der Waals surface area (Å²) in [5.41, 5.74) is 3.08. The van der Waals surface area contributed by atoms with E-state index in [-0.39, 0.29) is 17.7 Å².